The summed E-state index contributed by atoms with van der Waals surface area (Å²) in [5.74, 6) is 0. The van der Waals surface area contributed by atoms with Crippen LogP contribution in [0, 0.1) is 13.8 Å². The third-order valence-electron chi connectivity index (χ3n) is 4.01. The Hall–Kier alpha value is -2.61. The molecule has 0 aliphatic carbocycles. The summed E-state index contributed by atoms with van der Waals surface area (Å²) in [6.45, 7) is 4.27. The van der Waals surface area contributed by atoms with E-state index in [0.29, 0.717) is 0 Å². The zero-order chi connectivity index (χ0) is 14.4. The fourth-order valence-electron chi connectivity index (χ4n) is 2.91. The Labute approximate surface area is 123 Å². The molecule has 0 saturated heterocycles. The smallest absolute Gasteiger partial charge is 0.0953 e. The Morgan fingerprint density at radius 2 is 1.67 bits per heavy atom. The lowest BCUT2D eigenvalue weighted by molar-refractivity contribution is 1.22. The summed E-state index contributed by atoms with van der Waals surface area (Å²) in [5, 5.41) is 0. The highest BCUT2D eigenvalue weighted by Gasteiger charge is 2.11. The van der Waals surface area contributed by atoms with Crippen molar-refractivity contribution in [1.82, 2.24) is 9.38 Å². The summed E-state index contributed by atoms with van der Waals surface area (Å²) in [7, 11) is 0. The number of aryl methyl sites for hydroxylation is 2. The number of aromatic nitrogens is 2. The van der Waals surface area contributed by atoms with Crippen LogP contribution in [0.5, 0.6) is 0 Å². The minimum Gasteiger partial charge on any atom is -0.313 e. The molecule has 2 nitrogen and oxygen atoms in total. The Balaban J connectivity index is 2.16. The third kappa shape index (κ3) is 1.83. The van der Waals surface area contributed by atoms with Gasteiger partial charge in [0.2, 0.25) is 0 Å². The summed E-state index contributed by atoms with van der Waals surface area (Å²) in [4.78, 5) is 4.93. The third-order valence-corrected chi connectivity index (χ3v) is 4.01. The van der Waals surface area contributed by atoms with Gasteiger partial charge in [-0.3, -0.25) is 0 Å². The van der Waals surface area contributed by atoms with Crippen LogP contribution >= 0.6 is 0 Å². The van der Waals surface area contributed by atoms with E-state index < -0.39 is 0 Å². The molecule has 21 heavy (non-hydrogen) atoms. The number of rotatable bonds is 1. The second-order valence-corrected chi connectivity index (χ2v) is 5.53. The summed E-state index contributed by atoms with van der Waals surface area (Å²) in [6, 6.07) is 19.0. The van der Waals surface area contributed by atoms with Crippen LogP contribution in [-0.2, 0) is 0 Å². The predicted molar refractivity (Wildman–Crippen MR) is 87.6 cm³/mol. The van der Waals surface area contributed by atoms with Gasteiger partial charge in [-0.05, 0) is 49.7 Å². The first-order valence-electron chi connectivity index (χ1n) is 7.17. The van der Waals surface area contributed by atoms with Gasteiger partial charge in [0.25, 0.3) is 0 Å². The first kappa shape index (κ1) is 12.2. The molecule has 0 aliphatic heterocycles. The van der Waals surface area contributed by atoms with Crippen LogP contribution in [0.2, 0.25) is 0 Å². The standard InChI is InChI=1S/C19H16N2/c1-13-9-10-14(2)15(12-13)19-18-8-5-11-21(18)17-7-4-3-6-16(17)20-19/h3-12H,1-2H3. The molecule has 0 spiro atoms. The molecule has 0 N–H and O–H groups in total. The highest BCUT2D eigenvalue weighted by molar-refractivity contribution is 5.88. The molecule has 0 atom stereocenters. The summed E-state index contributed by atoms with van der Waals surface area (Å²) >= 11 is 0. The van der Waals surface area contributed by atoms with Gasteiger partial charge in [-0.25, -0.2) is 4.98 Å². The van der Waals surface area contributed by atoms with E-state index in [1.165, 1.54) is 16.7 Å². The van der Waals surface area contributed by atoms with Crippen molar-refractivity contribution in [2.75, 3.05) is 0 Å². The first-order chi connectivity index (χ1) is 10.2. The van der Waals surface area contributed by atoms with Crippen molar-refractivity contribution in [2.45, 2.75) is 13.8 Å². The van der Waals surface area contributed by atoms with Crippen molar-refractivity contribution >= 4 is 16.6 Å². The van der Waals surface area contributed by atoms with Gasteiger partial charge in [0.1, 0.15) is 0 Å². The Bertz CT molecular complexity index is 964. The number of nitrogens with zero attached hydrogens (tertiary/aromatic N) is 2. The van der Waals surface area contributed by atoms with Crippen LogP contribution in [0.1, 0.15) is 11.1 Å². The van der Waals surface area contributed by atoms with Crippen LogP contribution in [0.3, 0.4) is 0 Å². The molecule has 0 bridgehead atoms. The van der Waals surface area contributed by atoms with Crippen molar-refractivity contribution < 1.29 is 0 Å². The molecule has 0 amide bonds. The molecular formula is C19H16N2. The fourth-order valence-corrected chi connectivity index (χ4v) is 2.91. The zero-order valence-corrected chi connectivity index (χ0v) is 12.2. The van der Waals surface area contributed by atoms with E-state index in [1.54, 1.807) is 0 Å². The number of hydrogen-bond acceptors (Lipinski definition) is 1. The molecule has 0 saturated carbocycles. The van der Waals surface area contributed by atoms with Gasteiger partial charge in [0.05, 0.1) is 22.2 Å². The van der Waals surface area contributed by atoms with E-state index in [-0.39, 0.29) is 0 Å². The second-order valence-electron chi connectivity index (χ2n) is 5.53. The van der Waals surface area contributed by atoms with E-state index in [2.05, 4.69) is 73.0 Å². The van der Waals surface area contributed by atoms with Crippen molar-refractivity contribution in [1.29, 1.82) is 0 Å². The van der Waals surface area contributed by atoms with E-state index in [9.17, 15) is 0 Å². The number of benzene rings is 2. The van der Waals surface area contributed by atoms with Gasteiger partial charge < -0.3 is 4.40 Å². The predicted octanol–water partition coefficient (Wildman–Crippen LogP) is 4.77. The Morgan fingerprint density at radius 1 is 0.857 bits per heavy atom. The average molecular weight is 272 g/mol. The van der Waals surface area contributed by atoms with Gasteiger partial charge in [0, 0.05) is 11.8 Å². The van der Waals surface area contributed by atoms with Gasteiger partial charge in [-0.1, -0.05) is 29.8 Å². The lowest BCUT2D eigenvalue weighted by atomic mass is 10.0. The molecule has 102 valence electrons. The number of hydrogen-bond donors (Lipinski definition) is 0. The molecule has 0 aliphatic rings. The largest absolute Gasteiger partial charge is 0.313 e. The fraction of sp³-hybridized carbons (Fsp3) is 0.105. The van der Waals surface area contributed by atoms with Crippen LogP contribution in [0.25, 0.3) is 27.8 Å². The van der Waals surface area contributed by atoms with E-state index >= 15 is 0 Å². The maximum absolute atomic E-state index is 4.93. The molecule has 0 unspecified atom stereocenters. The van der Waals surface area contributed by atoms with Crippen LogP contribution in [0.4, 0.5) is 0 Å². The SMILES string of the molecule is Cc1ccc(C)c(-c2nc3ccccc3n3cccc23)c1. The lowest BCUT2D eigenvalue weighted by Crippen LogP contribution is -1.96. The maximum atomic E-state index is 4.93. The van der Waals surface area contributed by atoms with Crippen LogP contribution < -0.4 is 0 Å². The minimum absolute atomic E-state index is 1.03. The molecule has 0 fully saturated rings. The molecule has 4 rings (SSSR count). The van der Waals surface area contributed by atoms with E-state index in [1.807, 2.05) is 6.07 Å². The van der Waals surface area contributed by atoms with Crippen LogP contribution in [-0.4, -0.2) is 9.38 Å². The highest BCUT2D eigenvalue weighted by Crippen LogP contribution is 2.29. The normalized spacial score (nSPS) is 11.3. The zero-order valence-electron chi connectivity index (χ0n) is 12.2. The Kier molecular flexibility index (Phi) is 2.58. The summed E-state index contributed by atoms with van der Waals surface area (Å²) in [5.41, 5.74) is 8.11. The van der Waals surface area contributed by atoms with Gasteiger partial charge in [-0.15, -0.1) is 0 Å². The van der Waals surface area contributed by atoms with Crippen molar-refractivity contribution in [3.63, 3.8) is 0 Å². The number of para-hydroxylation sites is 2. The van der Waals surface area contributed by atoms with Crippen molar-refractivity contribution in [3.05, 3.63) is 71.9 Å². The molecule has 2 aromatic heterocycles. The molecular weight excluding hydrogens is 256 g/mol. The summed E-state index contributed by atoms with van der Waals surface area (Å²) in [6.07, 6.45) is 2.11. The molecule has 4 aromatic rings. The van der Waals surface area contributed by atoms with Crippen LogP contribution in [0.15, 0.2) is 60.8 Å². The Morgan fingerprint density at radius 3 is 2.57 bits per heavy atom. The molecule has 2 aromatic carbocycles. The van der Waals surface area contributed by atoms with Gasteiger partial charge in [-0.2, -0.15) is 0 Å². The highest BCUT2D eigenvalue weighted by atomic mass is 14.9. The maximum Gasteiger partial charge on any atom is 0.0953 e. The number of fused-ring (bicyclic) bond motifs is 3. The van der Waals surface area contributed by atoms with Crippen molar-refractivity contribution in [2.24, 2.45) is 0 Å². The monoisotopic (exact) mass is 272 g/mol. The van der Waals surface area contributed by atoms with Gasteiger partial charge >= 0.3 is 0 Å². The van der Waals surface area contributed by atoms with Crippen molar-refractivity contribution in [3.8, 4) is 11.3 Å². The first-order valence-corrected chi connectivity index (χ1v) is 7.17. The molecule has 0 radical (unpaired) electrons. The topological polar surface area (TPSA) is 17.3 Å². The van der Waals surface area contributed by atoms with E-state index in [4.69, 9.17) is 4.98 Å². The molecule has 2 heteroatoms. The molecule has 2 heterocycles. The quantitative estimate of drug-likeness (QED) is 0.488. The van der Waals surface area contributed by atoms with E-state index in [0.717, 1.165) is 22.2 Å². The lowest BCUT2D eigenvalue weighted by Gasteiger charge is -2.11. The minimum atomic E-state index is 1.03. The second kappa shape index (κ2) is 4.45. The summed E-state index contributed by atoms with van der Waals surface area (Å²) < 4.78 is 2.22. The average Bonchev–Trinajstić information content (AvgIpc) is 2.99. The van der Waals surface area contributed by atoms with Gasteiger partial charge in [0.15, 0.2) is 0 Å².